The summed E-state index contributed by atoms with van der Waals surface area (Å²) < 4.78 is 0. The third-order valence-electron chi connectivity index (χ3n) is 1.79. The van der Waals surface area contributed by atoms with Gasteiger partial charge in [-0.05, 0) is 24.3 Å². The van der Waals surface area contributed by atoms with Gasteiger partial charge in [0.25, 0.3) is 0 Å². The molecule has 5 nitrogen and oxygen atoms in total. The van der Waals surface area contributed by atoms with Gasteiger partial charge < -0.3 is 15.3 Å². The summed E-state index contributed by atoms with van der Waals surface area (Å²) in [7, 11) is 1.80. The van der Waals surface area contributed by atoms with Crippen LogP contribution in [0.25, 0.3) is 0 Å². The molecule has 3 N–H and O–H groups in total. The van der Waals surface area contributed by atoms with E-state index in [9.17, 15) is 4.79 Å². The Morgan fingerprint density at radius 1 is 1.40 bits per heavy atom. The average Bonchev–Trinajstić information content (AvgIpc) is 2.29. The summed E-state index contributed by atoms with van der Waals surface area (Å²) in [5.41, 5.74) is 3.73. The summed E-state index contributed by atoms with van der Waals surface area (Å²) in [4.78, 5) is 16.0. The molecule has 0 amide bonds. The van der Waals surface area contributed by atoms with Crippen molar-refractivity contribution in [1.29, 1.82) is 0 Å². The van der Waals surface area contributed by atoms with Gasteiger partial charge in [0.2, 0.25) is 0 Å². The van der Waals surface area contributed by atoms with E-state index in [-0.39, 0.29) is 13.2 Å². The molecule has 0 heterocycles. The molecule has 1 aromatic carbocycles. The smallest absolute Gasteiger partial charge is 0.356 e. The molecule has 82 valence electrons. The third-order valence-corrected chi connectivity index (χ3v) is 1.79. The van der Waals surface area contributed by atoms with E-state index < -0.39 is 5.97 Å². The van der Waals surface area contributed by atoms with Crippen LogP contribution in [-0.2, 0) is 4.84 Å². The summed E-state index contributed by atoms with van der Waals surface area (Å²) in [5.74, 6) is -0.467. The number of rotatable bonds is 5. The molecule has 0 saturated heterocycles. The molecule has 0 aromatic heterocycles. The highest BCUT2D eigenvalue weighted by molar-refractivity contribution is 5.89. The molecule has 5 heteroatoms. The Morgan fingerprint density at radius 2 is 2.07 bits per heavy atom. The van der Waals surface area contributed by atoms with Gasteiger partial charge in [0.15, 0.2) is 0 Å². The molecule has 1 rings (SSSR count). The number of hydrogen-bond donors (Lipinski definition) is 3. The second kappa shape index (κ2) is 6.00. The minimum atomic E-state index is -0.467. The second-order valence-corrected chi connectivity index (χ2v) is 2.83. The lowest BCUT2D eigenvalue weighted by Crippen LogP contribution is -2.22. The van der Waals surface area contributed by atoms with E-state index in [1.165, 1.54) is 0 Å². The first kappa shape index (κ1) is 11.5. The molecule has 0 aliphatic rings. The third kappa shape index (κ3) is 3.57. The van der Waals surface area contributed by atoms with Crippen LogP contribution in [0.15, 0.2) is 24.3 Å². The zero-order chi connectivity index (χ0) is 11.1. The number of aliphatic hydroxyl groups excluding tert-OH is 1. The predicted molar refractivity (Wildman–Crippen MR) is 56.5 cm³/mol. The minimum Gasteiger partial charge on any atom is -0.395 e. The van der Waals surface area contributed by atoms with Crippen LogP contribution < -0.4 is 10.8 Å². The van der Waals surface area contributed by atoms with E-state index in [1.54, 1.807) is 31.3 Å². The van der Waals surface area contributed by atoms with Gasteiger partial charge in [-0.25, -0.2) is 4.79 Å². The van der Waals surface area contributed by atoms with Crippen LogP contribution in [0, 0.1) is 0 Å². The summed E-state index contributed by atoms with van der Waals surface area (Å²) in [6.07, 6.45) is 0. The summed E-state index contributed by atoms with van der Waals surface area (Å²) >= 11 is 0. The number of anilines is 1. The summed E-state index contributed by atoms with van der Waals surface area (Å²) in [6, 6.07) is 6.88. The predicted octanol–water partition coefficient (Wildman–Crippen LogP) is 0.382. The standard InChI is InChI=1S/C10H14N2O3/c1-11-9-4-2-8(3-5-9)10(14)15-12-6-7-13/h2-5,11-13H,6-7H2,1H3. The lowest BCUT2D eigenvalue weighted by atomic mass is 10.2. The maximum atomic E-state index is 11.3. The van der Waals surface area contributed by atoms with Crippen molar-refractivity contribution >= 4 is 11.7 Å². The quantitative estimate of drug-likeness (QED) is 0.484. The van der Waals surface area contributed by atoms with Crippen molar-refractivity contribution in [2.24, 2.45) is 0 Å². The minimum absolute atomic E-state index is 0.0774. The van der Waals surface area contributed by atoms with Crippen LogP contribution in [-0.4, -0.2) is 31.3 Å². The Labute approximate surface area is 88.0 Å². The van der Waals surface area contributed by atoms with E-state index >= 15 is 0 Å². The highest BCUT2D eigenvalue weighted by Gasteiger charge is 2.05. The van der Waals surface area contributed by atoms with Gasteiger partial charge in [-0.15, -0.1) is 0 Å². The summed E-state index contributed by atoms with van der Waals surface area (Å²) in [6.45, 7) is 0.145. The van der Waals surface area contributed by atoms with Gasteiger partial charge in [0.1, 0.15) is 0 Å². The maximum absolute atomic E-state index is 11.3. The Kier molecular flexibility index (Phi) is 4.59. The Hall–Kier alpha value is -1.59. The average molecular weight is 210 g/mol. The van der Waals surface area contributed by atoms with Crippen molar-refractivity contribution in [3.05, 3.63) is 29.8 Å². The van der Waals surface area contributed by atoms with E-state index in [0.29, 0.717) is 5.56 Å². The first-order chi connectivity index (χ1) is 7.27. The molecule has 0 saturated carbocycles. The molecular formula is C10H14N2O3. The molecule has 0 aliphatic carbocycles. The van der Waals surface area contributed by atoms with Gasteiger partial charge in [-0.2, -0.15) is 5.48 Å². The van der Waals surface area contributed by atoms with Crippen molar-refractivity contribution in [2.45, 2.75) is 0 Å². The zero-order valence-corrected chi connectivity index (χ0v) is 8.49. The number of benzene rings is 1. The molecule has 0 spiro atoms. The van der Waals surface area contributed by atoms with Crippen LogP contribution in [0.1, 0.15) is 10.4 Å². The molecule has 15 heavy (non-hydrogen) atoms. The molecule has 0 fully saturated rings. The van der Waals surface area contributed by atoms with Crippen LogP contribution >= 0.6 is 0 Å². The first-order valence-corrected chi connectivity index (χ1v) is 4.60. The number of hydroxylamine groups is 1. The van der Waals surface area contributed by atoms with Gasteiger partial charge in [0.05, 0.1) is 18.7 Å². The van der Waals surface area contributed by atoms with E-state index in [0.717, 1.165) is 5.69 Å². The topological polar surface area (TPSA) is 70.6 Å². The van der Waals surface area contributed by atoms with Crippen LogP contribution in [0.4, 0.5) is 5.69 Å². The van der Waals surface area contributed by atoms with Crippen molar-refractivity contribution < 1.29 is 14.7 Å². The van der Waals surface area contributed by atoms with Gasteiger partial charge in [-0.3, -0.25) is 0 Å². The molecule has 1 aromatic rings. The molecule has 0 atom stereocenters. The zero-order valence-electron chi connectivity index (χ0n) is 8.49. The van der Waals surface area contributed by atoms with Gasteiger partial charge in [-0.1, -0.05) is 0 Å². The van der Waals surface area contributed by atoms with E-state index in [4.69, 9.17) is 5.11 Å². The summed E-state index contributed by atoms with van der Waals surface area (Å²) in [5, 5.41) is 11.4. The van der Waals surface area contributed by atoms with E-state index in [2.05, 4.69) is 15.6 Å². The second-order valence-electron chi connectivity index (χ2n) is 2.83. The molecule has 0 unspecified atom stereocenters. The Morgan fingerprint density at radius 3 is 2.60 bits per heavy atom. The fraction of sp³-hybridized carbons (Fsp3) is 0.300. The van der Waals surface area contributed by atoms with Crippen molar-refractivity contribution in [2.75, 3.05) is 25.5 Å². The van der Waals surface area contributed by atoms with Gasteiger partial charge >= 0.3 is 5.97 Å². The first-order valence-electron chi connectivity index (χ1n) is 4.60. The number of nitrogens with one attached hydrogen (secondary N) is 2. The molecule has 0 radical (unpaired) electrons. The Bertz CT molecular complexity index is 311. The van der Waals surface area contributed by atoms with Gasteiger partial charge in [0, 0.05) is 12.7 Å². The van der Waals surface area contributed by atoms with Crippen molar-refractivity contribution in [3.63, 3.8) is 0 Å². The molecular weight excluding hydrogens is 196 g/mol. The molecule has 0 aliphatic heterocycles. The largest absolute Gasteiger partial charge is 0.395 e. The van der Waals surface area contributed by atoms with Crippen LogP contribution in [0.3, 0.4) is 0 Å². The number of carbonyl (C=O) groups is 1. The highest BCUT2D eigenvalue weighted by Crippen LogP contribution is 2.08. The fourth-order valence-corrected chi connectivity index (χ4v) is 0.994. The van der Waals surface area contributed by atoms with E-state index in [1.807, 2.05) is 0 Å². The van der Waals surface area contributed by atoms with Crippen molar-refractivity contribution in [3.8, 4) is 0 Å². The normalized spacial score (nSPS) is 9.73. The fourth-order valence-electron chi connectivity index (χ4n) is 0.994. The lowest BCUT2D eigenvalue weighted by Gasteiger charge is -2.04. The lowest BCUT2D eigenvalue weighted by molar-refractivity contribution is 0.0223. The Balaban J connectivity index is 2.50. The number of hydrogen-bond acceptors (Lipinski definition) is 5. The highest BCUT2D eigenvalue weighted by atomic mass is 16.7. The number of aliphatic hydroxyl groups is 1. The van der Waals surface area contributed by atoms with Crippen LogP contribution in [0.5, 0.6) is 0 Å². The van der Waals surface area contributed by atoms with Crippen LogP contribution in [0.2, 0.25) is 0 Å². The maximum Gasteiger partial charge on any atom is 0.356 e. The molecule has 0 bridgehead atoms. The monoisotopic (exact) mass is 210 g/mol. The SMILES string of the molecule is CNc1ccc(C(=O)ONCCO)cc1. The van der Waals surface area contributed by atoms with Crippen molar-refractivity contribution in [1.82, 2.24) is 5.48 Å². The number of carbonyl (C=O) groups excluding carboxylic acids is 1.